The van der Waals surface area contributed by atoms with Crippen LogP contribution in [-0.4, -0.2) is 4.98 Å². The third-order valence-electron chi connectivity index (χ3n) is 2.79. The monoisotopic (exact) mass is 356 g/mol. The number of nitrogens with zero attached hydrogens (tertiary/aromatic N) is 1. The highest BCUT2D eigenvalue weighted by atomic mass is 127. The molecule has 0 amide bonds. The zero-order chi connectivity index (χ0) is 13.1. The van der Waals surface area contributed by atoms with Gasteiger partial charge in [0.15, 0.2) is 0 Å². The van der Waals surface area contributed by atoms with Gasteiger partial charge in [-0.05, 0) is 71.8 Å². The summed E-state index contributed by atoms with van der Waals surface area (Å²) in [6.45, 7) is 4.05. The van der Waals surface area contributed by atoms with Gasteiger partial charge in [-0.25, -0.2) is 4.39 Å². The molecule has 1 N–H and O–H groups in total. The molecule has 0 saturated heterocycles. The Hall–Kier alpha value is -1.17. The Balaban J connectivity index is 2.18. The first-order valence-corrected chi connectivity index (χ1v) is 6.77. The van der Waals surface area contributed by atoms with E-state index in [1.807, 2.05) is 19.1 Å². The number of nitrogens with one attached hydrogen (secondary N) is 1. The highest BCUT2D eigenvalue weighted by Gasteiger charge is 2.08. The zero-order valence-electron chi connectivity index (χ0n) is 10.2. The average Bonchev–Trinajstić information content (AvgIpc) is 2.32. The molecule has 0 bridgehead atoms. The molecule has 1 heterocycles. The largest absolute Gasteiger partial charge is 0.378 e. The summed E-state index contributed by atoms with van der Waals surface area (Å²) in [5, 5.41) is 3.37. The molecule has 0 aliphatic carbocycles. The fourth-order valence-electron chi connectivity index (χ4n) is 1.77. The summed E-state index contributed by atoms with van der Waals surface area (Å²) in [5.74, 6) is -0.305. The number of hydrogen-bond acceptors (Lipinski definition) is 2. The number of aromatic nitrogens is 1. The lowest BCUT2D eigenvalue weighted by molar-refractivity contribution is 0.616. The zero-order valence-corrected chi connectivity index (χ0v) is 12.4. The van der Waals surface area contributed by atoms with Crippen LogP contribution in [0.3, 0.4) is 0 Å². The van der Waals surface area contributed by atoms with E-state index in [1.54, 1.807) is 6.20 Å². The van der Waals surface area contributed by atoms with Crippen molar-refractivity contribution in [2.75, 3.05) is 5.32 Å². The predicted molar refractivity (Wildman–Crippen MR) is 80.1 cm³/mol. The molecule has 0 radical (unpaired) electrons. The van der Waals surface area contributed by atoms with E-state index in [4.69, 9.17) is 0 Å². The van der Waals surface area contributed by atoms with Crippen LogP contribution in [-0.2, 0) is 0 Å². The molecule has 94 valence electrons. The van der Waals surface area contributed by atoms with Gasteiger partial charge < -0.3 is 5.32 Å². The molecule has 1 aromatic carbocycles. The number of benzene rings is 1. The first kappa shape index (κ1) is 13.3. The Kier molecular flexibility index (Phi) is 4.16. The Morgan fingerprint density at radius 1 is 1.28 bits per heavy atom. The minimum Gasteiger partial charge on any atom is -0.378 e. The van der Waals surface area contributed by atoms with Crippen LogP contribution in [0.25, 0.3) is 0 Å². The van der Waals surface area contributed by atoms with Crippen LogP contribution >= 0.6 is 22.6 Å². The summed E-state index contributed by atoms with van der Waals surface area (Å²) < 4.78 is 14.3. The standard InChI is InChI=1S/C14H14FIN2/c1-9-5-13(16)3-4-14(9)18-10(2)11-6-12(15)8-17-7-11/h3-8,10,18H,1-2H3. The maximum atomic E-state index is 13.1. The molecule has 2 aromatic rings. The summed E-state index contributed by atoms with van der Waals surface area (Å²) in [5.41, 5.74) is 3.08. The van der Waals surface area contributed by atoms with Crippen molar-refractivity contribution in [1.82, 2.24) is 4.98 Å². The van der Waals surface area contributed by atoms with E-state index in [2.05, 4.69) is 45.9 Å². The van der Waals surface area contributed by atoms with Gasteiger partial charge in [-0.15, -0.1) is 0 Å². The molecule has 0 aliphatic heterocycles. The molecule has 1 atom stereocenters. The van der Waals surface area contributed by atoms with E-state index in [0.29, 0.717) is 0 Å². The van der Waals surface area contributed by atoms with Crippen molar-refractivity contribution in [2.45, 2.75) is 19.9 Å². The first-order valence-electron chi connectivity index (χ1n) is 5.69. The molecule has 2 nitrogen and oxygen atoms in total. The number of anilines is 1. The Morgan fingerprint density at radius 2 is 2.06 bits per heavy atom. The lowest BCUT2D eigenvalue weighted by Gasteiger charge is -2.17. The molecule has 0 fully saturated rings. The van der Waals surface area contributed by atoms with Gasteiger partial charge in [0.25, 0.3) is 0 Å². The van der Waals surface area contributed by atoms with Gasteiger partial charge in [0.1, 0.15) is 5.82 Å². The maximum absolute atomic E-state index is 13.1. The summed E-state index contributed by atoms with van der Waals surface area (Å²) in [4.78, 5) is 3.87. The smallest absolute Gasteiger partial charge is 0.141 e. The van der Waals surface area contributed by atoms with Gasteiger partial charge in [-0.1, -0.05) is 0 Å². The van der Waals surface area contributed by atoms with Crippen LogP contribution in [0.2, 0.25) is 0 Å². The number of hydrogen-bond donors (Lipinski definition) is 1. The lowest BCUT2D eigenvalue weighted by atomic mass is 10.1. The van der Waals surface area contributed by atoms with Crippen LogP contribution < -0.4 is 5.32 Å². The molecule has 2 rings (SSSR count). The first-order chi connectivity index (χ1) is 8.56. The van der Waals surface area contributed by atoms with E-state index < -0.39 is 0 Å². The molecule has 1 aromatic heterocycles. The summed E-state index contributed by atoms with van der Waals surface area (Å²) >= 11 is 2.28. The number of aryl methyl sites for hydroxylation is 1. The quantitative estimate of drug-likeness (QED) is 0.830. The second-order valence-electron chi connectivity index (χ2n) is 4.26. The van der Waals surface area contributed by atoms with Gasteiger partial charge in [0.05, 0.1) is 12.2 Å². The van der Waals surface area contributed by atoms with Crippen molar-refractivity contribution in [3.63, 3.8) is 0 Å². The van der Waals surface area contributed by atoms with E-state index in [1.165, 1.54) is 21.4 Å². The van der Waals surface area contributed by atoms with Gasteiger partial charge in [-0.2, -0.15) is 0 Å². The molecule has 0 saturated carbocycles. The molecular formula is C14H14FIN2. The van der Waals surface area contributed by atoms with Crippen LogP contribution in [0.1, 0.15) is 24.1 Å². The Labute approximate surface area is 120 Å². The third-order valence-corrected chi connectivity index (χ3v) is 3.46. The van der Waals surface area contributed by atoms with Crippen molar-refractivity contribution in [1.29, 1.82) is 0 Å². The molecule has 18 heavy (non-hydrogen) atoms. The second kappa shape index (κ2) is 5.65. The van der Waals surface area contributed by atoms with Gasteiger partial charge in [0, 0.05) is 15.5 Å². The van der Waals surface area contributed by atoms with Crippen molar-refractivity contribution in [2.24, 2.45) is 0 Å². The van der Waals surface area contributed by atoms with Crippen molar-refractivity contribution < 1.29 is 4.39 Å². The fraction of sp³-hybridized carbons (Fsp3) is 0.214. The van der Waals surface area contributed by atoms with E-state index in [0.717, 1.165) is 11.3 Å². The molecule has 0 spiro atoms. The molecule has 1 unspecified atom stereocenters. The van der Waals surface area contributed by atoms with Crippen molar-refractivity contribution in [3.05, 3.63) is 57.2 Å². The SMILES string of the molecule is Cc1cc(I)ccc1NC(C)c1cncc(F)c1. The van der Waals surface area contributed by atoms with E-state index in [-0.39, 0.29) is 11.9 Å². The van der Waals surface area contributed by atoms with Gasteiger partial charge in [0.2, 0.25) is 0 Å². The lowest BCUT2D eigenvalue weighted by Crippen LogP contribution is -2.08. The van der Waals surface area contributed by atoms with E-state index in [9.17, 15) is 4.39 Å². The van der Waals surface area contributed by atoms with E-state index >= 15 is 0 Å². The van der Waals surface area contributed by atoms with Crippen molar-refractivity contribution in [3.8, 4) is 0 Å². The van der Waals surface area contributed by atoms with Crippen molar-refractivity contribution >= 4 is 28.3 Å². The molecular weight excluding hydrogens is 342 g/mol. The van der Waals surface area contributed by atoms with Crippen LogP contribution in [0.5, 0.6) is 0 Å². The topological polar surface area (TPSA) is 24.9 Å². The predicted octanol–water partition coefficient (Wildman–Crippen LogP) is 4.31. The van der Waals surface area contributed by atoms with Crippen LogP contribution in [0.4, 0.5) is 10.1 Å². The molecule has 4 heteroatoms. The second-order valence-corrected chi connectivity index (χ2v) is 5.51. The third kappa shape index (κ3) is 3.19. The highest BCUT2D eigenvalue weighted by Crippen LogP contribution is 2.23. The summed E-state index contributed by atoms with van der Waals surface area (Å²) in [6.07, 6.45) is 2.90. The summed E-state index contributed by atoms with van der Waals surface area (Å²) in [6, 6.07) is 7.73. The van der Waals surface area contributed by atoms with Gasteiger partial charge >= 0.3 is 0 Å². The highest BCUT2D eigenvalue weighted by molar-refractivity contribution is 14.1. The normalized spacial score (nSPS) is 12.2. The molecule has 0 aliphatic rings. The van der Waals surface area contributed by atoms with Gasteiger partial charge in [-0.3, -0.25) is 4.98 Å². The van der Waals surface area contributed by atoms with Crippen LogP contribution in [0, 0.1) is 16.3 Å². The van der Waals surface area contributed by atoms with Crippen LogP contribution in [0.15, 0.2) is 36.7 Å². The minimum atomic E-state index is -0.305. The fourth-order valence-corrected chi connectivity index (χ4v) is 2.42. The number of pyridine rings is 1. The number of rotatable bonds is 3. The summed E-state index contributed by atoms with van der Waals surface area (Å²) in [7, 11) is 0. The average molecular weight is 356 g/mol. The maximum Gasteiger partial charge on any atom is 0.141 e. The number of halogens is 2. The Morgan fingerprint density at radius 3 is 2.72 bits per heavy atom. The minimum absolute atomic E-state index is 0.0203. The Bertz CT molecular complexity index is 557.